The second-order valence-electron chi connectivity index (χ2n) is 4.71. The van der Waals surface area contributed by atoms with Crippen molar-refractivity contribution in [2.24, 2.45) is 5.84 Å². The molecule has 1 saturated heterocycles. The fraction of sp³-hybridized carbons (Fsp3) is 0.538. The van der Waals surface area contributed by atoms with E-state index in [1.165, 1.54) is 0 Å². The van der Waals surface area contributed by atoms with E-state index in [1.807, 2.05) is 0 Å². The average Bonchev–Trinajstić information content (AvgIpc) is 2.85. The zero-order chi connectivity index (χ0) is 13.8. The molecule has 3 N–H and O–H groups in total. The maximum Gasteiger partial charge on any atom is 0.133 e. The molecule has 0 aromatic heterocycles. The minimum Gasteiger partial charge on any atom is -0.378 e. The molecule has 106 valence electrons. The second-order valence-corrected chi connectivity index (χ2v) is 4.71. The number of halogens is 3. The van der Waals surface area contributed by atoms with Crippen LogP contribution in [0.5, 0.6) is 0 Å². The van der Waals surface area contributed by atoms with Gasteiger partial charge in [-0.1, -0.05) is 0 Å². The molecule has 0 spiro atoms. The Labute approximate surface area is 109 Å². The number of benzene rings is 1. The molecule has 0 amide bonds. The number of hydrogen-bond acceptors (Lipinski definition) is 3. The highest BCUT2D eigenvalue weighted by molar-refractivity contribution is 5.24. The summed E-state index contributed by atoms with van der Waals surface area (Å²) in [6.07, 6.45) is 3.16. The highest BCUT2D eigenvalue weighted by atomic mass is 19.1. The number of nitrogens with two attached hydrogens (primary N) is 1. The van der Waals surface area contributed by atoms with Crippen molar-refractivity contribution in [1.29, 1.82) is 0 Å². The molecule has 0 saturated carbocycles. The monoisotopic (exact) mass is 274 g/mol. The van der Waals surface area contributed by atoms with Crippen LogP contribution in [0.1, 0.15) is 37.3 Å². The Bertz CT molecular complexity index is 413. The Balaban J connectivity index is 2.08. The lowest BCUT2D eigenvalue weighted by Gasteiger charge is -2.19. The molecule has 2 unspecified atom stereocenters. The van der Waals surface area contributed by atoms with Crippen molar-refractivity contribution in [2.45, 2.75) is 37.8 Å². The van der Waals surface area contributed by atoms with Gasteiger partial charge in [-0.05, 0) is 25.7 Å². The van der Waals surface area contributed by atoms with Crippen molar-refractivity contribution in [3.8, 4) is 0 Å². The molecule has 6 heteroatoms. The summed E-state index contributed by atoms with van der Waals surface area (Å²) in [6.45, 7) is 0.727. The molecule has 1 aromatic rings. The summed E-state index contributed by atoms with van der Waals surface area (Å²) in [6, 6.07) is 0.633. The van der Waals surface area contributed by atoms with Crippen LogP contribution in [0.15, 0.2) is 12.1 Å². The number of rotatable bonds is 5. The first-order chi connectivity index (χ1) is 9.11. The molecule has 1 aliphatic heterocycles. The Kier molecular flexibility index (Phi) is 4.79. The predicted molar refractivity (Wildman–Crippen MR) is 64.6 cm³/mol. The predicted octanol–water partition coefficient (Wildman–Crippen LogP) is 2.57. The molecule has 0 radical (unpaired) electrons. The molecule has 1 aliphatic rings. The number of hydrogen-bond donors (Lipinski definition) is 2. The summed E-state index contributed by atoms with van der Waals surface area (Å²) in [5, 5.41) is 0. The van der Waals surface area contributed by atoms with Crippen LogP contribution in [0.25, 0.3) is 0 Å². The molecule has 1 aromatic carbocycles. The maximum absolute atomic E-state index is 13.6. The summed E-state index contributed by atoms with van der Waals surface area (Å²) in [4.78, 5) is 0. The van der Waals surface area contributed by atoms with Gasteiger partial charge < -0.3 is 4.74 Å². The summed E-state index contributed by atoms with van der Waals surface area (Å²) >= 11 is 0. The molecule has 0 bridgehead atoms. The van der Waals surface area contributed by atoms with Crippen LogP contribution in [-0.4, -0.2) is 12.7 Å². The lowest BCUT2D eigenvalue weighted by atomic mass is 9.98. The molecule has 2 atom stereocenters. The van der Waals surface area contributed by atoms with Gasteiger partial charge in [0.25, 0.3) is 0 Å². The first-order valence-corrected chi connectivity index (χ1v) is 6.34. The number of ether oxygens (including phenoxy) is 1. The molecule has 1 fully saturated rings. The molecule has 2 rings (SSSR count). The van der Waals surface area contributed by atoms with Gasteiger partial charge in [0, 0.05) is 24.3 Å². The molecule has 0 aliphatic carbocycles. The van der Waals surface area contributed by atoms with E-state index >= 15 is 0 Å². The van der Waals surface area contributed by atoms with Crippen molar-refractivity contribution < 1.29 is 17.9 Å². The topological polar surface area (TPSA) is 47.3 Å². The second kappa shape index (κ2) is 6.36. The van der Waals surface area contributed by atoms with E-state index in [9.17, 15) is 13.2 Å². The van der Waals surface area contributed by atoms with Crippen molar-refractivity contribution in [1.82, 2.24) is 5.43 Å². The van der Waals surface area contributed by atoms with Crippen molar-refractivity contribution in [2.75, 3.05) is 6.61 Å². The molecule has 1 heterocycles. The Morgan fingerprint density at radius 3 is 2.53 bits per heavy atom. The van der Waals surface area contributed by atoms with E-state index in [4.69, 9.17) is 10.6 Å². The summed E-state index contributed by atoms with van der Waals surface area (Å²) in [5.74, 6) is 2.56. The first kappa shape index (κ1) is 14.3. The van der Waals surface area contributed by atoms with E-state index in [2.05, 4.69) is 5.43 Å². The Morgan fingerprint density at radius 1 is 1.32 bits per heavy atom. The number of hydrazine groups is 1. The van der Waals surface area contributed by atoms with Crippen LogP contribution in [0, 0.1) is 17.5 Å². The molecular formula is C13H17F3N2O. The first-order valence-electron chi connectivity index (χ1n) is 6.34. The summed E-state index contributed by atoms with van der Waals surface area (Å²) in [7, 11) is 0. The van der Waals surface area contributed by atoms with E-state index in [0.717, 1.165) is 19.4 Å². The average molecular weight is 274 g/mol. The summed E-state index contributed by atoms with van der Waals surface area (Å²) in [5.41, 5.74) is 2.16. The quantitative estimate of drug-likeness (QED) is 0.641. The maximum atomic E-state index is 13.6. The van der Waals surface area contributed by atoms with Gasteiger partial charge >= 0.3 is 0 Å². The van der Waals surface area contributed by atoms with Crippen LogP contribution in [0.3, 0.4) is 0 Å². The van der Waals surface area contributed by atoms with Crippen LogP contribution in [0.2, 0.25) is 0 Å². The summed E-state index contributed by atoms with van der Waals surface area (Å²) < 4.78 is 45.6. The third kappa shape index (κ3) is 3.46. The Morgan fingerprint density at radius 2 is 2.00 bits per heavy atom. The third-order valence-electron chi connectivity index (χ3n) is 3.39. The minimum atomic E-state index is -0.936. The standard InChI is InChI=1S/C13H17F3N2O/c14-8-6-10(15)13(11(16)7-8)12(18-17)4-3-9-2-1-5-19-9/h6-7,9,12,18H,1-5,17H2. The van der Waals surface area contributed by atoms with Gasteiger partial charge in [-0.15, -0.1) is 0 Å². The smallest absolute Gasteiger partial charge is 0.133 e. The molecule has 3 nitrogen and oxygen atoms in total. The van der Waals surface area contributed by atoms with Gasteiger partial charge in [-0.2, -0.15) is 0 Å². The molecular weight excluding hydrogens is 257 g/mol. The van der Waals surface area contributed by atoms with Gasteiger partial charge in [0.1, 0.15) is 17.5 Å². The van der Waals surface area contributed by atoms with Gasteiger partial charge in [0.2, 0.25) is 0 Å². The van der Waals surface area contributed by atoms with E-state index < -0.39 is 23.5 Å². The van der Waals surface area contributed by atoms with Crippen LogP contribution < -0.4 is 11.3 Å². The van der Waals surface area contributed by atoms with E-state index in [0.29, 0.717) is 25.0 Å². The van der Waals surface area contributed by atoms with E-state index in [1.54, 1.807) is 0 Å². The van der Waals surface area contributed by atoms with Crippen molar-refractivity contribution in [3.63, 3.8) is 0 Å². The highest BCUT2D eigenvalue weighted by Crippen LogP contribution is 2.27. The lowest BCUT2D eigenvalue weighted by molar-refractivity contribution is 0.0993. The minimum absolute atomic E-state index is 0.113. The largest absolute Gasteiger partial charge is 0.378 e. The SMILES string of the molecule is NNC(CCC1CCCO1)c1c(F)cc(F)cc1F. The van der Waals surface area contributed by atoms with Gasteiger partial charge in [0.05, 0.1) is 12.1 Å². The van der Waals surface area contributed by atoms with Crippen molar-refractivity contribution in [3.05, 3.63) is 35.1 Å². The number of nitrogens with one attached hydrogen (secondary N) is 1. The fourth-order valence-electron chi connectivity index (χ4n) is 2.42. The van der Waals surface area contributed by atoms with Gasteiger partial charge in [0.15, 0.2) is 0 Å². The third-order valence-corrected chi connectivity index (χ3v) is 3.39. The normalized spacial score (nSPS) is 20.7. The fourth-order valence-corrected chi connectivity index (χ4v) is 2.42. The molecule has 19 heavy (non-hydrogen) atoms. The zero-order valence-corrected chi connectivity index (χ0v) is 10.5. The van der Waals surface area contributed by atoms with Gasteiger partial charge in [-0.25, -0.2) is 13.2 Å². The van der Waals surface area contributed by atoms with Crippen LogP contribution in [-0.2, 0) is 4.74 Å². The zero-order valence-electron chi connectivity index (χ0n) is 10.5. The van der Waals surface area contributed by atoms with Crippen LogP contribution in [0.4, 0.5) is 13.2 Å². The van der Waals surface area contributed by atoms with Crippen molar-refractivity contribution >= 4 is 0 Å². The van der Waals surface area contributed by atoms with E-state index in [-0.39, 0.29) is 11.7 Å². The lowest BCUT2D eigenvalue weighted by Crippen LogP contribution is -2.30. The Hall–Kier alpha value is -1.11. The van der Waals surface area contributed by atoms with Crippen LogP contribution >= 0.6 is 0 Å². The van der Waals surface area contributed by atoms with Gasteiger partial charge in [-0.3, -0.25) is 11.3 Å². The highest BCUT2D eigenvalue weighted by Gasteiger charge is 2.23.